The molecule has 1 saturated carbocycles. The van der Waals surface area contributed by atoms with E-state index in [2.05, 4.69) is 0 Å². The molecule has 1 aromatic rings. The summed E-state index contributed by atoms with van der Waals surface area (Å²) >= 11 is 0. The van der Waals surface area contributed by atoms with E-state index >= 15 is 0 Å². The number of rotatable bonds is 8. The second-order valence-electron chi connectivity index (χ2n) is 5.17. The predicted octanol–water partition coefficient (Wildman–Crippen LogP) is 1.84. The van der Waals surface area contributed by atoms with Crippen LogP contribution in [0.5, 0.6) is 11.5 Å². The van der Waals surface area contributed by atoms with Crippen molar-refractivity contribution < 1.29 is 19.4 Å². The first-order valence-electron chi connectivity index (χ1n) is 7.41. The molecule has 1 aliphatic rings. The number of hydrogen-bond acceptors (Lipinski definition) is 4. The Labute approximate surface area is 125 Å². The van der Waals surface area contributed by atoms with Gasteiger partial charge in [-0.15, -0.1) is 0 Å². The molecular weight excluding hydrogens is 270 g/mol. The fourth-order valence-corrected chi connectivity index (χ4v) is 2.39. The number of aliphatic hydroxyl groups is 1. The van der Waals surface area contributed by atoms with Gasteiger partial charge in [-0.1, -0.05) is 0 Å². The third kappa shape index (κ3) is 4.36. The van der Waals surface area contributed by atoms with Crippen LogP contribution in [-0.2, 0) is 4.79 Å². The monoisotopic (exact) mass is 293 g/mol. The zero-order chi connectivity index (χ0) is 15.1. The van der Waals surface area contributed by atoms with Gasteiger partial charge in [-0.05, 0) is 43.5 Å². The number of amides is 1. The first-order valence-corrected chi connectivity index (χ1v) is 7.41. The van der Waals surface area contributed by atoms with Gasteiger partial charge in [-0.25, -0.2) is 0 Å². The van der Waals surface area contributed by atoms with Gasteiger partial charge < -0.3 is 19.5 Å². The van der Waals surface area contributed by atoms with Crippen LogP contribution in [0.2, 0.25) is 0 Å². The summed E-state index contributed by atoms with van der Waals surface area (Å²) in [6.07, 6.45) is 3.60. The van der Waals surface area contributed by atoms with Crippen LogP contribution in [0.1, 0.15) is 25.7 Å². The number of aliphatic hydroxyl groups excluding tert-OH is 1. The second kappa shape index (κ2) is 7.88. The molecule has 0 bridgehead atoms. The smallest absolute Gasteiger partial charge is 0.226 e. The molecule has 1 amide bonds. The van der Waals surface area contributed by atoms with Crippen molar-refractivity contribution in [1.29, 1.82) is 0 Å². The molecule has 21 heavy (non-hydrogen) atoms. The summed E-state index contributed by atoms with van der Waals surface area (Å²) < 4.78 is 10.6. The summed E-state index contributed by atoms with van der Waals surface area (Å²) in [6, 6.07) is 7.60. The largest absolute Gasteiger partial charge is 0.497 e. The van der Waals surface area contributed by atoms with Crippen LogP contribution in [-0.4, -0.2) is 48.8 Å². The Kier molecular flexibility index (Phi) is 5.87. The van der Waals surface area contributed by atoms with Crippen LogP contribution in [0.15, 0.2) is 24.3 Å². The molecule has 0 heterocycles. The van der Waals surface area contributed by atoms with Gasteiger partial charge in [-0.2, -0.15) is 0 Å². The number of nitrogens with zero attached hydrogens (tertiary/aromatic N) is 1. The highest BCUT2D eigenvalue weighted by Gasteiger charge is 2.27. The minimum atomic E-state index is 0.0155. The zero-order valence-corrected chi connectivity index (χ0v) is 12.5. The molecule has 0 aliphatic heterocycles. The maximum absolute atomic E-state index is 12.2. The summed E-state index contributed by atoms with van der Waals surface area (Å²) in [5.74, 6) is 1.56. The Morgan fingerprint density at radius 1 is 1.29 bits per heavy atom. The number of carbonyl (C=O) groups is 1. The summed E-state index contributed by atoms with van der Waals surface area (Å²) in [5.41, 5.74) is 0. The molecule has 5 heteroatoms. The van der Waals surface area contributed by atoms with Crippen molar-refractivity contribution in [3.05, 3.63) is 24.3 Å². The van der Waals surface area contributed by atoms with E-state index in [1.807, 2.05) is 24.3 Å². The topological polar surface area (TPSA) is 59.0 Å². The van der Waals surface area contributed by atoms with E-state index in [1.165, 1.54) is 6.42 Å². The number of ether oxygens (including phenoxy) is 2. The maximum Gasteiger partial charge on any atom is 0.226 e. The Morgan fingerprint density at radius 3 is 2.48 bits per heavy atom. The molecule has 0 atom stereocenters. The van der Waals surface area contributed by atoms with Crippen LogP contribution in [0.4, 0.5) is 0 Å². The van der Waals surface area contributed by atoms with Gasteiger partial charge in [0, 0.05) is 12.6 Å². The Bertz CT molecular complexity index is 442. The minimum Gasteiger partial charge on any atom is -0.497 e. The number of hydrogen-bond donors (Lipinski definition) is 1. The average Bonchev–Trinajstić information content (AvgIpc) is 2.45. The highest BCUT2D eigenvalue weighted by atomic mass is 16.5. The van der Waals surface area contributed by atoms with Crippen LogP contribution in [0, 0.1) is 0 Å². The van der Waals surface area contributed by atoms with Gasteiger partial charge in [0.05, 0.1) is 26.7 Å². The van der Waals surface area contributed by atoms with E-state index in [-0.39, 0.29) is 12.5 Å². The molecule has 116 valence electrons. The normalized spacial score (nSPS) is 14.4. The van der Waals surface area contributed by atoms with Gasteiger partial charge in [0.2, 0.25) is 5.91 Å². The van der Waals surface area contributed by atoms with Crippen LogP contribution >= 0.6 is 0 Å². The van der Waals surface area contributed by atoms with E-state index in [1.54, 1.807) is 12.0 Å². The predicted molar refractivity (Wildman–Crippen MR) is 79.5 cm³/mol. The van der Waals surface area contributed by atoms with Crippen molar-refractivity contribution in [1.82, 2.24) is 4.90 Å². The van der Waals surface area contributed by atoms with E-state index < -0.39 is 0 Å². The molecular formula is C16H23NO4. The lowest BCUT2D eigenvalue weighted by Gasteiger charge is -2.37. The lowest BCUT2D eigenvalue weighted by molar-refractivity contribution is -0.136. The summed E-state index contributed by atoms with van der Waals surface area (Å²) in [4.78, 5) is 14.0. The quantitative estimate of drug-likeness (QED) is 0.794. The highest BCUT2D eigenvalue weighted by Crippen LogP contribution is 2.25. The lowest BCUT2D eigenvalue weighted by Crippen LogP contribution is -2.46. The van der Waals surface area contributed by atoms with Crippen LogP contribution < -0.4 is 9.47 Å². The van der Waals surface area contributed by atoms with Gasteiger partial charge >= 0.3 is 0 Å². The van der Waals surface area contributed by atoms with Crippen molar-refractivity contribution >= 4 is 5.91 Å². The Morgan fingerprint density at radius 2 is 1.95 bits per heavy atom. The van der Waals surface area contributed by atoms with Gasteiger partial charge in [0.25, 0.3) is 0 Å². The first-order chi connectivity index (χ1) is 10.2. The molecule has 0 aromatic heterocycles. The van der Waals surface area contributed by atoms with Crippen molar-refractivity contribution in [2.45, 2.75) is 31.7 Å². The fraction of sp³-hybridized carbons (Fsp3) is 0.562. The third-order valence-electron chi connectivity index (χ3n) is 3.82. The van der Waals surface area contributed by atoms with E-state index in [4.69, 9.17) is 14.6 Å². The highest BCUT2D eigenvalue weighted by molar-refractivity contribution is 5.76. The van der Waals surface area contributed by atoms with E-state index in [0.29, 0.717) is 25.6 Å². The zero-order valence-electron chi connectivity index (χ0n) is 12.5. The van der Waals surface area contributed by atoms with Gasteiger partial charge in [0.15, 0.2) is 0 Å². The van der Waals surface area contributed by atoms with Crippen LogP contribution in [0.25, 0.3) is 0 Å². The molecule has 1 aromatic carbocycles. The third-order valence-corrected chi connectivity index (χ3v) is 3.82. The van der Waals surface area contributed by atoms with Crippen molar-refractivity contribution in [2.24, 2.45) is 0 Å². The average molecular weight is 293 g/mol. The molecule has 5 nitrogen and oxygen atoms in total. The van der Waals surface area contributed by atoms with Gasteiger partial charge in [-0.3, -0.25) is 4.79 Å². The van der Waals surface area contributed by atoms with Crippen molar-refractivity contribution in [2.75, 3.05) is 26.9 Å². The molecule has 1 aliphatic carbocycles. The van der Waals surface area contributed by atoms with E-state index in [9.17, 15) is 4.79 Å². The lowest BCUT2D eigenvalue weighted by atomic mass is 9.91. The number of benzene rings is 1. The fourth-order valence-electron chi connectivity index (χ4n) is 2.39. The summed E-state index contributed by atoms with van der Waals surface area (Å²) in [5, 5.41) is 9.07. The maximum atomic E-state index is 12.2. The standard InChI is InChI=1S/C16H23NO4/c1-20-14-5-7-15(8-6-14)21-12-9-16(19)17(10-11-18)13-3-2-4-13/h5-8,13,18H,2-4,9-12H2,1H3. The van der Waals surface area contributed by atoms with Crippen molar-refractivity contribution in [3.63, 3.8) is 0 Å². The summed E-state index contributed by atoms with van der Waals surface area (Å²) in [6.45, 7) is 0.785. The number of methoxy groups -OCH3 is 1. The van der Waals surface area contributed by atoms with E-state index in [0.717, 1.165) is 24.3 Å². The summed E-state index contributed by atoms with van der Waals surface area (Å²) in [7, 11) is 1.62. The molecule has 0 unspecified atom stereocenters. The second-order valence-corrected chi connectivity index (χ2v) is 5.17. The molecule has 1 N–H and O–H groups in total. The minimum absolute atomic E-state index is 0.0155. The SMILES string of the molecule is COc1ccc(OCCC(=O)N(CCO)C2CCC2)cc1. The van der Waals surface area contributed by atoms with Gasteiger partial charge in [0.1, 0.15) is 11.5 Å². The molecule has 1 fully saturated rings. The molecule has 2 rings (SSSR count). The molecule has 0 spiro atoms. The van der Waals surface area contributed by atoms with Crippen molar-refractivity contribution in [3.8, 4) is 11.5 Å². The number of carbonyl (C=O) groups excluding carboxylic acids is 1. The first kappa shape index (κ1) is 15.6. The Balaban J connectivity index is 1.76. The molecule has 0 radical (unpaired) electrons. The van der Waals surface area contributed by atoms with Crippen LogP contribution in [0.3, 0.4) is 0 Å². The molecule has 0 saturated heterocycles. The Hall–Kier alpha value is -1.75.